The van der Waals surface area contributed by atoms with Gasteiger partial charge >= 0.3 is 5.97 Å². The Labute approximate surface area is 211 Å². The van der Waals surface area contributed by atoms with Crippen LogP contribution in [0.5, 0.6) is 23.0 Å². The van der Waals surface area contributed by atoms with Crippen molar-refractivity contribution < 1.29 is 33.3 Å². The van der Waals surface area contributed by atoms with E-state index in [4.69, 9.17) is 23.7 Å². The molecule has 0 saturated heterocycles. The van der Waals surface area contributed by atoms with E-state index in [-0.39, 0.29) is 29.5 Å². The first-order valence-electron chi connectivity index (χ1n) is 10.8. The number of carbonyl (C=O) groups is 2. The van der Waals surface area contributed by atoms with E-state index < -0.39 is 11.9 Å². The number of anilines is 1. The fourth-order valence-corrected chi connectivity index (χ4v) is 4.51. The van der Waals surface area contributed by atoms with Gasteiger partial charge in [0.05, 0.1) is 20.8 Å². The van der Waals surface area contributed by atoms with Crippen molar-refractivity contribution in [3.8, 4) is 40.2 Å². The van der Waals surface area contributed by atoms with Gasteiger partial charge in [0.15, 0.2) is 23.0 Å². The Bertz CT molecular complexity index is 1390. The summed E-state index contributed by atoms with van der Waals surface area (Å²) >= 11 is 1.15. The number of esters is 1. The Kier molecular flexibility index (Phi) is 7.42. The molecule has 184 valence electrons. The smallest absolute Gasteiger partial charge is 0.341 e. The minimum Gasteiger partial charge on any atom is -0.493 e. The first-order chi connectivity index (χ1) is 17.5. The summed E-state index contributed by atoms with van der Waals surface area (Å²) in [4.78, 5) is 25.9. The Hall–Kier alpha value is -4.49. The predicted molar refractivity (Wildman–Crippen MR) is 134 cm³/mol. The van der Waals surface area contributed by atoms with Crippen molar-refractivity contribution in [3.63, 3.8) is 0 Å². The van der Waals surface area contributed by atoms with E-state index in [0.29, 0.717) is 39.7 Å². The van der Waals surface area contributed by atoms with Crippen LogP contribution in [0.25, 0.3) is 17.2 Å². The Morgan fingerprint density at radius 1 is 1.11 bits per heavy atom. The molecule has 1 aliphatic rings. The molecule has 0 radical (unpaired) electrons. The van der Waals surface area contributed by atoms with Crippen LogP contribution in [0.3, 0.4) is 0 Å². The Balaban J connectivity index is 1.67. The van der Waals surface area contributed by atoms with E-state index in [2.05, 4.69) is 5.32 Å². The summed E-state index contributed by atoms with van der Waals surface area (Å²) in [5, 5.41) is 14.3. The maximum absolute atomic E-state index is 13.0. The van der Waals surface area contributed by atoms with Crippen molar-refractivity contribution in [3.05, 3.63) is 58.5 Å². The maximum Gasteiger partial charge on any atom is 0.341 e. The van der Waals surface area contributed by atoms with Crippen molar-refractivity contribution in [2.75, 3.05) is 32.9 Å². The van der Waals surface area contributed by atoms with Crippen LogP contribution in [-0.4, -0.2) is 39.5 Å². The first-order valence-corrected chi connectivity index (χ1v) is 11.7. The lowest BCUT2D eigenvalue weighted by Gasteiger charge is -2.11. The SMILES string of the molecule is CCOC(=O)c1c(-c2ccc(OC)c(OC)c2)csc1NC(=O)C(C#N)=Cc1ccc2c(c1)OCO2. The number of methoxy groups -OCH3 is 2. The molecule has 0 spiro atoms. The van der Waals surface area contributed by atoms with Crippen molar-refractivity contribution in [1.29, 1.82) is 5.26 Å². The van der Waals surface area contributed by atoms with Crippen LogP contribution in [0.1, 0.15) is 22.8 Å². The fraction of sp³-hybridized carbons (Fsp3) is 0.192. The number of benzene rings is 2. The third-order valence-electron chi connectivity index (χ3n) is 5.26. The van der Waals surface area contributed by atoms with E-state index >= 15 is 0 Å². The highest BCUT2D eigenvalue weighted by atomic mass is 32.1. The van der Waals surface area contributed by atoms with Crippen LogP contribution >= 0.6 is 11.3 Å². The molecule has 2 aromatic carbocycles. The Morgan fingerprint density at radius 3 is 2.61 bits per heavy atom. The number of nitrogens with one attached hydrogen (secondary N) is 1. The Morgan fingerprint density at radius 2 is 1.89 bits per heavy atom. The molecule has 1 aliphatic heterocycles. The van der Waals surface area contributed by atoms with Crippen molar-refractivity contribution in [2.24, 2.45) is 0 Å². The van der Waals surface area contributed by atoms with Gasteiger partial charge in [-0.15, -0.1) is 11.3 Å². The highest BCUT2D eigenvalue weighted by Crippen LogP contribution is 2.40. The van der Waals surface area contributed by atoms with E-state index in [1.165, 1.54) is 20.3 Å². The zero-order valence-electron chi connectivity index (χ0n) is 19.7. The molecule has 0 aliphatic carbocycles. The molecule has 0 saturated carbocycles. The number of hydrogen-bond acceptors (Lipinski definition) is 9. The molecule has 0 atom stereocenters. The lowest BCUT2D eigenvalue weighted by Crippen LogP contribution is -2.16. The van der Waals surface area contributed by atoms with E-state index in [0.717, 1.165) is 11.3 Å². The number of nitrogens with zero attached hydrogens (tertiary/aromatic N) is 1. The minimum absolute atomic E-state index is 0.117. The van der Waals surface area contributed by atoms with Crippen LogP contribution < -0.4 is 24.3 Å². The molecule has 2 heterocycles. The molecule has 0 bridgehead atoms. The summed E-state index contributed by atoms with van der Waals surface area (Å²) in [7, 11) is 3.05. The van der Waals surface area contributed by atoms with Gasteiger partial charge in [0.2, 0.25) is 6.79 Å². The number of ether oxygens (including phenoxy) is 5. The summed E-state index contributed by atoms with van der Waals surface area (Å²) in [6, 6.07) is 12.2. The molecule has 36 heavy (non-hydrogen) atoms. The zero-order chi connectivity index (χ0) is 25.7. The number of thiophene rings is 1. The molecule has 0 unspecified atom stereocenters. The molecular formula is C26H22N2O7S. The van der Waals surface area contributed by atoms with E-state index in [9.17, 15) is 14.9 Å². The van der Waals surface area contributed by atoms with Crippen LogP contribution in [0, 0.1) is 11.3 Å². The van der Waals surface area contributed by atoms with Crippen LogP contribution in [0.15, 0.2) is 47.4 Å². The number of carbonyl (C=O) groups excluding carboxylic acids is 2. The summed E-state index contributed by atoms with van der Waals surface area (Å²) < 4.78 is 26.6. The van der Waals surface area contributed by atoms with Gasteiger partial charge in [-0.1, -0.05) is 12.1 Å². The monoisotopic (exact) mass is 506 g/mol. The quantitative estimate of drug-likeness (QED) is 0.261. The molecule has 0 fully saturated rings. The highest BCUT2D eigenvalue weighted by molar-refractivity contribution is 7.15. The van der Waals surface area contributed by atoms with Crippen molar-refractivity contribution >= 4 is 34.3 Å². The van der Waals surface area contributed by atoms with Crippen molar-refractivity contribution in [2.45, 2.75) is 6.92 Å². The topological polar surface area (TPSA) is 116 Å². The molecule has 4 rings (SSSR count). The van der Waals surface area contributed by atoms with Gasteiger partial charge in [0, 0.05) is 10.9 Å². The zero-order valence-corrected chi connectivity index (χ0v) is 20.6. The second-order valence-electron chi connectivity index (χ2n) is 7.38. The molecule has 1 aromatic heterocycles. The first kappa shape index (κ1) is 24.6. The van der Waals surface area contributed by atoms with Crippen LogP contribution in [0.2, 0.25) is 0 Å². The fourth-order valence-electron chi connectivity index (χ4n) is 3.56. The molecule has 3 aromatic rings. The second kappa shape index (κ2) is 10.8. The van der Waals surface area contributed by atoms with Gasteiger partial charge in [-0.2, -0.15) is 5.26 Å². The van der Waals surface area contributed by atoms with Gasteiger partial charge in [-0.3, -0.25) is 4.79 Å². The molecular weight excluding hydrogens is 484 g/mol. The maximum atomic E-state index is 13.0. The van der Waals surface area contributed by atoms with Gasteiger partial charge < -0.3 is 29.0 Å². The highest BCUT2D eigenvalue weighted by Gasteiger charge is 2.24. The van der Waals surface area contributed by atoms with Crippen LogP contribution in [-0.2, 0) is 9.53 Å². The molecule has 9 nitrogen and oxygen atoms in total. The largest absolute Gasteiger partial charge is 0.493 e. The lowest BCUT2D eigenvalue weighted by atomic mass is 10.0. The van der Waals surface area contributed by atoms with Gasteiger partial charge in [0.25, 0.3) is 5.91 Å². The van der Waals surface area contributed by atoms with E-state index in [1.54, 1.807) is 48.7 Å². The second-order valence-corrected chi connectivity index (χ2v) is 8.26. The number of rotatable bonds is 8. The summed E-state index contributed by atoms with van der Waals surface area (Å²) in [5.41, 5.74) is 1.85. The molecule has 10 heteroatoms. The number of fused-ring (bicyclic) bond motifs is 1. The predicted octanol–water partition coefficient (Wildman–Crippen LogP) is 4.88. The summed E-state index contributed by atoms with van der Waals surface area (Å²) in [6.07, 6.45) is 1.43. The third kappa shape index (κ3) is 4.96. The number of hydrogen-bond donors (Lipinski definition) is 1. The van der Waals surface area contributed by atoms with Gasteiger partial charge in [0.1, 0.15) is 22.2 Å². The van der Waals surface area contributed by atoms with Crippen molar-refractivity contribution in [1.82, 2.24) is 0 Å². The lowest BCUT2D eigenvalue weighted by molar-refractivity contribution is -0.112. The average Bonchev–Trinajstić information content (AvgIpc) is 3.53. The average molecular weight is 507 g/mol. The summed E-state index contributed by atoms with van der Waals surface area (Å²) in [6.45, 7) is 1.97. The standard InChI is InChI=1S/C26H22N2O7S/c1-4-33-26(30)23-18(16-6-8-19(31-2)21(11-16)32-3)13-36-25(23)28-24(29)17(12-27)9-15-5-7-20-22(10-15)35-14-34-20/h5-11,13H,4,14H2,1-3H3,(H,28,29). The normalized spacial score (nSPS) is 12.0. The minimum atomic E-state index is -0.665. The number of amides is 1. The van der Waals surface area contributed by atoms with Gasteiger partial charge in [-0.05, 0) is 48.4 Å². The van der Waals surface area contributed by atoms with Crippen LogP contribution in [0.4, 0.5) is 5.00 Å². The third-order valence-corrected chi connectivity index (χ3v) is 6.16. The summed E-state index contributed by atoms with van der Waals surface area (Å²) in [5.74, 6) is 0.882. The molecule has 1 N–H and O–H groups in total. The molecule has 1 amide bonds. The van der Waals surface area contributed by atoms with Gasteiger partial charge in [-0.25, -0.2) is 4.79 Å². The number of nitriles is 1. The van der Waals surface area contributed by atoms with E-state index in [1.807, 2.05) is 6.07 Å².